The lowest BCUT2D eigenvalue weighted by Crippen LogP contribution is -2.16. The molecule has 1 N–H and O–H groups in total. The first kappa shape index (κ1) is 17.9. The molecule has 0 aromatic rings. The van der Waals surface area contributed by atoms with Crippen LogP contribution in [0.2, 0.25) is 0 Å². The van der Waals surface area contributed by atoms with Gasteiger partial charge in [0.25, 0.3) is 0 Å². The molecule has 1 fully saturated rings. The van der Waals surface area contributed by atoms with Gasteiger partial charge in [0, 0.05) is 6.08 Å². The smallest absolute Gasteiger partial charge is 0.296 e. The molecule has 0 aromatic heterocycles. The molecule has 0 radical (unpaired) electrons. The Labute approximate surface area is 117 Å². The Morgan fingerprint density at radius 1 is 1.21 bits per heavy atom. The zero-order valence-electron chi connectivity index (χ0n) is 12.6. The first-order valence-corrected chi connectivity index (χ1v) is 7.16. The standard InChI is InChI=1S/C10H20.C6H8O3/c1-8(2)10-6-4-9(3)5-7-10;1-2-3-4-5-6(7)9-8/h8-10H,4-7H2,1-3H3;2-5,8H,1H3. The third-order valence-corrected chi connectivity index (χ3v) is 3.63. The summed E-state index contributed by atoms with van der Waals surface area (Å²) < 4.78 is 0. The first-order chi connectivity index (χ1) is 9.01. The van der Waals surface area contributed by atoms with Crippen LogP contribution in [0.4, 0.5) is 0 Å². The van der Waals surface area contributed by atoms with E-state index in [0.717, 1.165) is 23.8 Å². The average molecular weight is 268 g/mol. The molecular formula is C16H28O3. The van der Waals surface area contributed by atoms with Gasteiger partial charge in [-0.3, -0.25) is 4.89 Å². The fraction of sp³-hybridized carbons (Fsp3) is 0.688. The van der Waals surface area contributed by atoms with E-state index in [9.17, 15) is 4.79 Å². The molecule has 0 bridgehead atoms. The van der Waals surface area contributed by atoms with Crippen molar-refractivity contribution in [3.63, 3.8) is 0 Å². The first-order valence-electron chi connectivity index (χ1n) is 7.16. The van der Waals surface area contributed by atoms with Crippen LogP contribution in [0.25, 0.3) is 0 Å². The molecule has 0 unspecified atom stereocenters. The van der Waals surface area contributed by atoms with Crippen LogP contribution in [0, 0.1) is 17.8 Å². The van der Waals surface area contributed by atoms with Crippen LogP contribution in [-0.4, -0.2) is 11.2 Å². The second-order valence-electron chi connectivity index (χ2n) is 5.56. The molecule has 3 heteroatoms. The van der Waals surface area contributed by atoms with Crippen LogP contribution in [0.3, 0.4) is 0 Å². The fourth-order valence-electron chi connectivity index (χ4n) is 2.23. The molecule has 0 aliphatic heterocycles. The number of carbonyl (C=O) groups excluding carboxylic acids is 1. The van der Waals surface area contributed by atoms with Crippen molar-refractivity contribution >= 4 is 5.97 Å². The van der Waals surface area contributed by atoms with Crippen molar-refractivity contribution in [2.45, 2.75) is 53.4 Å². The number of allylic oxidation sites excluding steroid dienone is 3. The molecule has 0 amide bonds. The minimum Gasteiger partial charge on any atom is -0.296 e. The van der Waals surface area contributed by atoms with Gasteiger partial charge in [0.1, 0.15) is 0 Å². The summed E-state index contributed by atoms with van der Waals surface area (Å²) in [4.78, 5) is 13.4. The maximum Gasteiger partial charge on any atom is 0.365 e. The lowest BCUT2D eigenvalue weighted by Gasteiger charge is -2.28. The van der Waals surface area contributed by atoms with E-state index in [4.69, 9.17) is 5.26 Å². The van der Waals surface area contributed by atoms with E-state index in [-0.39, 0.29) is 0 Å². The Bertz CT molecular complexity index is 284. The normalized spacial score (nSPS) is 23.5. The Kier molecular flexibility index (Phi) is 10.2. The fourth-order valence-corrected chi connectivity index (χ4v) is 2.23. The van der Waals surface area contributed by atoms with Crippen molar-refractivity contribution < 1.29 is 14.9 Å². The maximum atomic E-state index is 10.1. The van der Waals surface area contributed by atoms with Crippen LogP contribution in [0.1, 0.15) is 53.4 Å². The van der Waals surface area contributed by atoms with Crippen LogP contribution in [-0.2, 0) is 9.68 Å². The van der Waals surface area contributed by atoms with E-state index in [0.29, 0.717) is 0 Å². The molecule has 0 saturated heterocycles. The summed E-state index contributed by atoms with van der Waals surface area (Å²) in [7, 11) is 0. The highest BCUT2D eigenvalue weighted by atomic mass is 17.1. The number of carbonyl (C=O) groups is 1. The largest absolute Gasteiger partial charge is 0.365 e. The van der Waals surface area contributed by atoms with Crippen LogP contribution >= 0.6 is 0 Å². The number of rotatable bonds is 3. The van der Waals surface area contributed by atoms with Crippen LogP contribution in [0.5, 0.6) is 0 Å². The monoisotopic (exact) mass is 268 g/mol. The topological polar surface area (TPSA) is 46.5 Å². The third kappa shape index (κ3) is 9.48. The van der Waals surface area contributed by atoms with Gasteiger partial charge in [-0.15, -0.1) is 0 Å². The highest BCUT2D eigenvalue weighted by Crippen LogP contribution is 2.32. The number of hydrogen-bond acceptors (Lipinski definition) is 3. The van der Waals surface area contributed by atoms with Gasteiger partial charge in [0.15, 0.2) is 0 Å². The van der Waals surface area contributed by atoms with Crippen LogP contribution < -0.4 is 0 Å². The van der Waals surface area contributed by atoms with Gasteiger partial charge in [0.2, 0.25) is 0 Å². The van der Waals surface area contributed by atoms with Crippen molar-refractivity contribution in [3.8, 4) is 0 Å². The zero-order valence-corrected chi connectivity index (χ0v) is 12.6. The van der Waals surface area contributed by atoms with E-state index in [1.165, 1.54) is 31.8 Å². The van der Waals surface area contributed by atoms with E-state index in [1.54, 1.807) is 12.2 Å². The summed E-state index contributed by atoms with van der Waals surface area (Å²) in [6.45, 7) is 8.92. The van der Waals surface area contributed by atoms with Crippen molar-refractivity contribution in [1.29, 1.82) is 0 Å². The van der Waals surface area contributed by atoms with Crippen molar-refractivity contribution in [2.75, 3.05) is 0 Å². The Morgan fingerprint density at radius 2 is 1.79 bits per heavy atom. The Balaban J connectivity index is 0.000000344. The second kappa shape index (κ2) is 10.8. The molecule has 3 nitrogen and oxygen atoms in total. The van der Waals surface area contributed by atoms with Gasteiger partial charge in [-0.2, -0.15) is 5.26 Å². The number of hydrogen-bond donors (Lipinski definition) is 1. The summed E-state index contributed by atoms with van der Waals surface area (Å²) in [6, 6.07) is 0. The van der Waals surface area contributed by atoms with E-state index < -0.39 is 5.97 Å². The SMILES string of the molecule is CC1CCC(C(C)C)CC1.CC=CC=CC(=O)OO. The van der Waals surface area contributed by atoms with E-state index in [2.05, 4.69) is 25.7 Å². The molecule has 110 valence electrons. The quantitative estimate of drug-likeness (QED) is 0.352. The molecule has 1 aliphatic rings. The third-order valence-electron chi connectivity index (χ3n) is 3.63. The highest BCUT2D eigenvalue weighted by molar-refractivity contribution is 5.81. The molecule has 1 aliphatic carbocycles. The van der Waals surface area contributed by atoms with E-state index >= 15 is 0 Å². The molecule has 0 spiro atoms. The molecule has 0 heterocycles. The minimum atomic E-state index is -0.770. The average Bonchev–Trinajstić information content (AvgIpc) is 2.40. The second-order valence-corrected chi connectivity index (χ2v) is 5.56. The molecule has 1 rings (SSSR count). The molecule has 19 heavy (non-hydrogen) atoms. The van der Waals surface area contributed by atoms with Crippen molar-refractivity contribution in [1.82, 2.24) is 0 Å². The van der Waals surface area contributed by atoms with Crippen LogP contribution in [0.15, 0.2) is 24.3 Å². The summed E-state index contributed by atoms with van der Waals surface area (Å²) >= 11 is 0. The molecule has 0 atom stereocenters. The van der Waals surface area contributed by atoms with Crippen molar-refractivity contribution in [3.05, 3.63) is 24.3 Å². The zero-order chi connectivity index (χ0) is 14.7. The molecule has 1 saturated carbocycles. The summed E-state index contributed by atoms with van der Waals surface area (Å²) in [5.74, 6) is 2.20. The van der Waals surface area contributed by atoms with Gasteiger partial charge in [0.05, 0.1) is 0 Å². The Morgan fingerprint density at radius 3 is 2.21 bits per heavy atom. The van der Waals surface area contributed by atoms with Gasteiger partial charge < -0.3 is 0 Å². The summed E-state index contributed by atoms with van der Waals surface area (Å²) in [5.41, 5.74) is 0. The highest BCUT2D eigenvalue weighted by Gasteiger charge is 2.19. The predicted octanol–water partition coefficient (Wildman–Crippen LogP) is 4.60. The van der Waals surface area contributed by atoms with Gasteiger partial charge >= 0.3 is 5.97 Å². The summed E-state index contributed by atoms with van der Waals surface area (Å²) in [6.07, 6.45) is 11.9. The Hall–Kier alpha value is -1.09. The lowest BCUT2D eigenvalue weighted by atomic mass is 9.78. The maximum absolute atomic E-state index is 10.1. The van der Waals surface area contributed by atoms with E-state index in [1.807, 2.05) is 6.92 Å². The predicted molar refractivity (Wildman–Crippen MR) is 78.6 cm³/mol. The van der Waals surface area contributed by atoms with Crippen molar-refractivity contribution in [2.24, 2.45) is 17.8 Å². The summed E-state index contributed by atoms with van der Waals surface area (Å²) in [5, 5.41) is 7.71. The lowest BCUT2D eigenvalue weighted by molar-refractivity contribution is -0.228. The van der Waals surface area contributed by atoms with Gasteiger partial charge in [-0.05, 0) is 37.5 Å². The molecular weight excluding hydrogens is 240 g/mol. The molecule has 0 aromatic carbocycles. The van der Waals surface area contributed by atoms with Gasteiger partial charge in [-0.1, -0.05) is 51.8 Å². The van der Waals surface area contributed by atoms with Gasteiger partial charge in [-0.25, -0.2) is 4.79 Å². The minimum absolute atomic E-state index is 0.770.